The molecular formula is C16H23FN2. The van der Waals surface area contributed by atoms with Gasteiger partial charge in [0.25, 0.3) is 0 Å². The van der Waals surface area contributed by atoms with Crippen LogP contribution in [-0.4, -0.2) is 25.7 Å². The molecule has 0 bridgehead atoms. The molecule has 3 rings (SSSR count). The van der Waals surface area contributed by atoms with E-state index in [0.717, 1.165) is 24.7 Å². The van der Waals surface area contributed by atoms with Gasteiger partial charge < -0.3 is 10.2 Å². The minimum Gasteiger partial charge on any atom is -0.370 e. The number of hydrogen-bond acceptors (Lipinski definition) is 2. The zero-order chi connectivity index (χ0) is 13.1. The molecule has 2 aliphatic rings. The van der Waals surface area contributed by atoms with E-state index < -0.39 is 0 Å². The normalized spacial score (nSPS) is 24.3. The molecule has 1 atom stereocenters. The van der Waals surface area contributed by atoms with Gasteiger partial charge in [-0.2, -0.15) is 0 Å². The lowest BCUT2D eigenvalue weighted by atomic mass is 9.85. The van der Waals surface area contributed by atoms with Gasteiger partial charge in [-0.25, -0.2) is 4.39 Å². The average Bonchev–Trinajstić information content (AvgIpc) is 2.37. The quantitative estimate of drug-likeness (QED) is 0.896. The van der Waals surface area contributed by atoms with Crippen molar-refractivity contribution in [1.29, 1.82) is 0 Å². The molecular weight excluding hydrogens is 239 g/mol. The van der Waals surface area contributed by atoms with E-state index in [-0.39, 0.29) is 5.82 Å². The number of rotatable bonds is 4. The van der Waals surface area contributed by atoms with Crippen molar-refractivity contribution in [2.24, 2.45) is 5.92 Å². The van der Waals surface area contributed by atoms with E-state index >= 15 is 0 Å². The van der Waals surface area contributed by atoms with Crippen LogP contribution >= 0.6 is 0 Å². The summed E-state index contributed by atoms with van der Waals surface area (Å²) in [5.74, 6) is 0.770. The molecule has 1 N–H and O–H groups in total. The smallest absolute Gasteiger partial charge is 0.125 e. The Bertz CT molecular complexity index is 417. The van der Waals surface area contributed by atoms with Crippen molar-refractivity contribution < 1.29 is 4.39 Å². The maximum atomic E-state index is 13.3. The summed E-state index contributed by atoms with van der Waals surface area (Å²) >= 11 is 0. The zero-order valence-electron chi connectivity index (χ0n) is 11.4. The standard InChI is InChI=1S/C16H23FN2/c17-14-6-2-8-16(10-14)19-9-3-7-15(12-19)18-11-13-4-1-5-13/h2,6,8,10,13,15,18H,1,3-5,7,9,11-12H2. The summed E-state index contributed by atoms with van der Waals surface area (Å²) in [6.07, 6.45) is 6.64. The number of anilines is 1. The summed E-state index contributed by atoms with van der Waals surface area (Å²) in [6.45, 7) is 3.23. The second-order valence-electron chi connectivity index (χ2n) is 5.97. The molecule has 19 heavy (non-hydrogen) atoms. The molecule has 3 heteroatoms. The molecule has 1 saturated heterocycles. The van der Waals surface area contributed by atoms with E-state index in [0.29, 0.717) is 6.04 Å². The van der Waals surface area contributed by atoms with Gasteiger partial charge >= 0.3 is 0 Å². The first-order valence-corrected chi connectivity index (χ1v) is 7.55. The van der Waals surface area contributed by atoms with E-state index in [1.165, 1.54) is 44.7 Å². The lowest BCUT2D eigenvalue weighted by Crippen LogP contribution is -2.47. The fraction of sp³-hybridized carbons (Fsp3) is 0.625. The zero-order valence-corrected chi connectivity index (χ0v) is 11.4. The van der Waals surface area contributed by atoms with Gasteiger partial charge in [0.2, 0.25) is 0 Å². The van der Waals surface area contributed by atoms with Crippen LogP contribution < -0.4 is 10.2 Å². The highest BCUT2D eigenvalue weighted by atomic mass is 19.1. The van der Waals surface area contributed by atoms with Crippen molar-refractivity contribution in [3.63, 3.8) is 0 Å². The Labute approximate surface area is 115 Å². The molecule has 0 spiro atoms. The van der Waals surface area contributed by atoms with Crippen LogP contribution in [0.5, 0.6) is 0 Å². The molecule has 0 radical (unpaired) electrons. The third kappa shape index (κ3) is 3.27. The first kappa shape index (κ1) is 12.9. The van der Waals surface area contributed by atoms with Crippen LogP contribution in [0.25, 0.3) is 0 Å². The molecule has 2 nitrogen and oxygen atoms in total. The van der Waals surface area contributed by atoms with Crippen molar-refractivity contribution >= 4 is 5.69 Å². The van der Waals surface area contributed by atoms with Gasteiger partial charge in [0.05, 0.1) is 0 Å². The second-order valence-corrected chi connectivity index (χ2v) is 5.97. The molecule has 1 unspecified atom stereocenters. The fourth-order valence-corrected chi connectivity index (χ4v) is 3.08. The Kier molecular flexibility index (Phi) is 4.02. The van der Waals surface area contributed by atoms with Crippen LogP contribution in [0.3, 0.4) is 0 Å². The highest BCUT2D eigenvalue weighted by Gasteiger charge is 2.23. The largest absolute Gasteiger partial charge is 0.370 e. The monoisotopic (exact) mass is 262 g/mol. The van der Waals surface area contributed by atoms with Crippen molar-refractivity contribution in [3.05, 3.63) is 30.1 Å². The minimum absolute atomic E-state index is 0.137. The third-order valence-electron chi connectivity index (χ3n) is 4.51. The van der Waals surface area contributed by atoms with Crippen molar-refractivity contribution in [1.82, 2.24) is 5.32 Å². The lowest BCUT2D eigenvalue weighted by molar-refractivity contribution is 0.280. The summed E-state index contributed by atoms with van der Waals surface area (Å²) < 4.78 is 13.3. The molecule has 1 heterocycles. The van der Waals surface area contributed by atoms with E-state index in [9.17, 15) is 4.39 Å². The average molecular weight is 262 g/mol. The summed E-state index contributed by atoms with van der Waals surface area (Å²) in [7, 11) is 0. The molecule has 0 amide bonds. The first-order valence-electron chi connectivity index (χ1n) is 7.55. The van der Waals surface area contributed by atoms with Gasteiger partial charge in [0.1, 0.15) is 5.82 Å². The van der Waals surface area contributed by atoms with Crippen LogP contribution in [0.2, 0.25) is 0 Å². The molecule has 104 valence electrons. The van der Waals surface area contributed by atoms with Gasteiger partial charge in [0.15, 0.2) is 0 Å². The van der Waals surface area contributed by atoms with Crippen molar-refractivity contribution in [3.8, 4) is 0 Å². The van der Waals surface area contributed by atoms with E-state index in [4.69, 9.17) is 0 Å². The Morgan fingerprint density at radius 1 is 1.21 bits per heavy atom. The second kappa shape index (κ2) is 5.91. The van der Waals surface area contributed by atoms with Gasteiger partial charge in [-0.3, -0.25) is 0 Å². The van der Waals surface area contributed by atoms with Crippen LogP contribution in [0, 0.1) is 11.7 Å². The lowest BCUT2D eigenvalue weighted by Gasteiger charge is -2.36. The van der Waals surface area contributed by atoms with Crippen molar-refractivity contribution in [2.45, 2.75) is 38.1 Å². The highest BCUT2D eigenvalue weighted by molar-refractivity contribution is 5.47. The molecule has 1 saturated carbocycles. The summed E-state index contributed by atoms with van der Waals surface area (Å²) in [5.41, 5.74) is 1.02. The maximum Gasteiger partial charge on any atom is 0.125 e. The van der Waals surface area contributed by atoms with Gasteiger partial charge in [0, 0.05) is 24.8 Å². The van der Waals surface area contributed by atoms with E-state index in [2.05, 4.69) is 10.2 Å². The van der Waals surface area contributed by atoms with Crippen molar-refractivity contribution in [2.75, 3.05) is 24.5 Å². The number of benzene rings is 1. The SMILES string of the molecule is Fc1cccc(N2CCCC(NCC3CCC3)C2)c1. The Morgan fingerprint density at radius 2 is 2.11 bits per heavy atom. The maximum absolute atomic E-state index is 13.3. The van der Waals surface area contributed by atoms with E-state index in [1.807, 2.05) is 6.07 Å². The Morgan fingerprint density at radius 3 is 2.84 bits per heavy atom. The van der Waals surface area contributed by atoms with E-state index in [1.54, 1.807) is 12.1 Å². The Balaban J connectivity index is 1.54. The molecule has 1 aliphatic heterocycles. The first-order chi connectivity index (χ1) is 9.31. The molecule has 1 aromatic rings. The number of hydrogen-bond donors (Lipinski definition) is 1. The minimum atomic E-state index is -0.137. The van der Waals surface area contributed by atoms with Crippen LogP contribution in [0.15, 0.2) is 24.3 Å². The molecule has 2 fully saturated rings. The van der Waals surface area contributed by atoms with Gasteiger partial charge in [-0.15, -0.1) is 0 Å². The van der Waals surface area contributed by atoms with Gasteiger partial charge in [-0.05, 0) is 56.3 Å². The number of nitrogens with zero attached hydrogens (tertiary/aromatic N) is 1. The molecule has 1 aliphatic carbocycles. The molecule has 0 aromatic heterocycles. The predicted molar refractivity (Wildman–Crippen MR) is 77.0 cm³/mol. The number of nitrogens with one attached hydrogen (secondary N) is 1. The van der Waals surface area contributed by atoms with Crippen LogP contribution in [0.4, 0.5) is 10.1 Å². The summed E-state index contributed by atoms with van der Waals surface area (Å²) in [6, 6.07) is 7.54. The van der Waals surface area contributed by atoms with Crippen LogP contribution in [-0.2, 0) is 0 Å². The third-order valence-corrected chi connectivity index (χ3v) is 4.51. The summed E-state index contributed by atoms with van der Waals surface area (Å²) in [4.78, 5) is 2.31. The number of halogens is 1. The summed E-state index contributed by atoms with van der Waals surface area (Å²) in [5, 5.41) is 3.70. The molecule has 1 aromatic carbocycles. The Hall–Kier alpha value is -1.09. The predicted octanol–water partition coefficient (Wildman–Crippen LogP) is 3.18. The van der Waals surface area contributed by atoms with Crippen LogP contribution in [0.1, 0.15) is 32.1 Å². The fourth-order valence-electron chi connectivity index (χ4n) is 3.08. The topological polar surface area (TPSA) is 15.3 Å². The highest BCUT2D eigenvalue weighted by Crippen LogP contribution is 2.26. The number of piperidine rings is 1. The van der Waals surface area contributed by atoms with Gasteiger partial charge in [-0.1, -0.05) is 12.5 Å².